The van der Waals surface area contributed by atoms with Crippen molar-refractivity contribution in [3.63, 3.8) is 0 Å². The maximum Gasteiger partial charge on any atom is 0.270 e. The van der Waals surface area contributed by atoms with Gasteiger partial charge in [0.15, 0.2) is 5.60 Å². The molecule has 0 saturated heterocycles. The van der Waals surface area contributed by atoms with E-state index in [9.17, 15) is 4.79 Å². The molecule has 1 aromatic carbocycles. The molecular weight excluding hydrogens is 263 g/mol. The Kier molecular flexibility index (Phi) is 3.60. The van der Waals surface area contributed by atoms with Crippen molar-refractivity contribution >= 4 is 25.1 Å². The minimum absolute atomic E-state index is 0.0482. The van der Waals surface area contributed by atoms with E-state index in [1.54, 1.807) is 0 Å². The van der Waals surface area contributed by atoms with Gasteiger partial charge in [-0.25, -0.2) is 0 Å². The number of fused-ring (bicyclic) bond motifs is 1. The zero-order valence-corrected chi connectivity index (χ0v) is 13.1. The first kappa shape index (κ1) is 14.3. The summed E-state index contributed by atoms with van der Waals surface area (Å²) in [5.41, 5.74) is 1.19. The van der Waals surface area contributed by atoms with Gasteiger partial charge in [0.05, 0.1) is 5.69 Å². The number of nitrogens with zero attached hydrogens (tertiary/aromatic N) is 1. The third-order valence-electron chi connectivity index (χ3n) is 4.06. The molecule has 1 heterocycles. The van der Waals surface area contributed by atoms with Crippen molar-refractivity contribution < 1.29 is 9.53 Å². The van der Waals surface area contributed by atoms with Gasteiger partial charge in [0, 0.05) is 18.3 Å². The molecular formula is C16H23BN2O2. The van der Waals surface area contributed by atoms with E-state index >= 15 is 0 Å². The molecule has 0 atom stereocenters. The zero-order chi connectivity index (χ0) is 15.0. The summed E-state index contributed by atoms with van der Waals surface area (Å²) < 4.78 is 5.90. The van der Waals surface area contributed by atoms with Crippen LogP contribution in [-0.4, -0.2) is 31.9 Å². The highest BCUT2D eigenvalue weighted by molar-refractivity contribution is 6.08. The summed E-state index contributed by atoms with van der Waals surface area (Å²) in [6, 6.07) is 6.67. The van der Waals surface area contributed by atoms with Crippen molar-refractivity contribution in [2.75, 3.05) is 16.8 Å². The van der Waals surface area contributed by atoms with Gasteiger partial charge in [-0.05, 0) is 51.3 Å². The second kappa shape index (κ2) is 5.28. The molecule has 0 aromatic heterocycles. The molecule has 0 radical (unpaired) electrons. The molecule has 1 aromatic rings. The molecule has 3 rings (SSSR count). The minimum Gasteiger partial charge on any atom is -0.476 e. The maximum atomic E-state index is 12.6. The smallest absolute Gasteiger partial charge is 0.270 e. The number of ether oxygens (including phenoxy) is 1. The monoisotopic (exact) mass is 286 g/mol. The molecule has 1 amide bonds. The number of carbonyl (C=O) groups excluding carboxylic acids is 1. The molecule has 0 spiro atoms. The number of nitrogens with one attached hydrogen (secondary N) is 1. The van der Waals surface area contributed by atoms with Crippen LogP contribution < -0.4 is 15.0 Å². The Labute approximate surface area is 127 Å². The van der Waals surface area contributed by atoms with Crippen LogP contribution in [0, 0.1) is 0 Å². The number of hydrogen-bond acceptors (Lipinski definition) is 3. The Bertz CT molecular complexity index is 555. The molecule has 1 fully saturated rings. The van der Waals surface area contributed by atoms with Gasteiger partial charge in [0.2, 0.25) is 0 Å². The summed E-state index contributed by atoms with van der Waals surface area (Å²) in [4.78, 5) is 14.5. The van der Waals surface area contributed by atoms with Crippen LogP contribution in [0.5, 0.6) is 5.75 Å². The van der Waals surface area contributed by atoms with Gasteiger partial charge in [0.1, 0.15) is 13.6 Å². The van der Waals surface area contributed by atoms with E-state index in [0.717, 1.165) is 36.4 Å². The van der Waals surface area contributed by atoms with E-state index in [4.69, 9.17) is 4.74 Å². The minimum atomic E-state index is -0.786. The van der Waals surface area contributed by atoms with Crippen LogP contribution in [-0.2, 0) is 4.79 Å². The molecule has 1 aliphatic carbocycles. The number of amides is 1. The molecule has 1 saturated carbocycles. The van der Waals surface area contributed by atoms with Crippen LogP contribution in [0.4, 0.5) is 11.4 Å². The van der Waals surface area contributed by atoms with Crippen molar-refractivity contribution in [2.24, 2.45) is 0 Å². The summed E-state index contributed by atoms with van der Waals surface area (Å²) in [7, 11) is 2.14. The van der Waals surface area contributed by atoms with E-state index < -0.39 is 5.60 Å². The number of anilines is 2. The van der Waals surface area contributed by atoms with Gasteiger partial charge >= 0.3 is 0 Å². The molecule has 0 unspecified atom stereocenters. The third-order valence-corrected chi connectivity index (χ3v) is 4.06. The van der Waals surface area contributed by atoms with Crippen LogP contribution in [0.3, 0.4) is 0 Å². The Morgan fingerprint density at radius 3 is 2.86 bits per heavy atom. The second-order valence-corrected chi connectivity index (χ2v) is 6.52. The van der Waals surface area contributed by atoms with Crippen molar-refractivity contribution in [2.45, 2.75) is 51.1 Å². The molecule has 1 aliphatic heterocycles. The van der Waals surface area contributed by atoms with Crippen LogP contribution >= 0.6 is 0 Å². The van der Waals surface area contributed by atoms with E-state index in [-0.39, 0.29) is 5.91 Å². The second-order valence-electron chi connectivity index (χ2n) is 6.52. The fraction of sp³-hybridized carbons (Fsp3) is 0.562. The first-order valence-corrected chi connectivity index (χ1v) is 7.93. The summed E-state index contributed by atoms with van der Waals surface area (Å²) in [5.74, 6) is 0.851. The van der Waals surface area contributed by atoms with E-state index in [1.165, 1.54) is 12.8 Å². The first-order chi connectivity index (χ1) is 10.0. The van der Waals surface area contributed by atoms with Crippen LogP contribution in [0.15, 0.2) is 18.2 Å². The van der Waals surface area contributed by atoms with Gasteiger partial charge in [-0.3, -0.25) is 4.79 Å². The maximum absolute atomic E-state index is 12.6. The SMILES string of the molecule is BCCCN1C(=O)C(C)(C)Oc2ccc(NC3CC3)cc21. The van der Waals surface area contributed by atoms with Crippen LogP contribution in [0.2, 0.25) is 6.32 Å². The number of hydrogen-bond donors (Lipinski definition) is 1. The fourth-order valence-electron chi connectivity index (χ4n) is 2.66. The Morgan fingerprint density at radius 1 is 1.43 bits per heavy atom. The molecule has 5 heteroatoms. The lowest BCUT2D eigenvalue weighted by atomic mass is 9.99. The molecule has 0 bridgehead atoms. The zero-order valence-electron chi connectivity index (χ0n) is 13.1. The summed E-state index contributed by atoms with van der Waals surface area (Å²) in [5, 5.41) is 3.48. The average molecular weight is 286 g/mol. The lowest BCUT2D eigenvalue weighted by Gasteiger charge is -2.39. The van der Waals surface area contributed by atoms with Crippen LogP contribution in [0.1, 0.15) is 33.1 Å². The largest absolute Gasteiger partial charge is 0.476 e. The van der Waals surface area contributed by atoms with Gasteiger partial charge in [-0.1, -0.05) is 6.32 Å². The highest BCUT2D eigenvalue weighted by atomic mass is 16.5. The summed E-state index contributed by atoms with van der Waals surface area (Å²) in [6.07, 6.45) is 4.54. The lowest BCUT2D eigenvalue weighted by molar-refractivity contribution is -0.132. The van der Waals surface area contributed by atoms with E-state index in [0.29, 0.717) is 6.04 Å². The standard InChI is InChI=1S/C16H23BN2O2/c1-16(2)15(20)19(9-3-8-17)13-10-12(18-11-4-5-11)6-7-14(13)21-16/h6-7,10-11,18H,3-5,8-9,17H2,1-2H3. The molecule has 4 nitrogen and oxygen atoms in total. The normalized spacial score (nSPS) is 19.9. The molecule has 1 N–H and O–H groups in total. The third kappa shape index (κ3) is 2.87. The topological polar surface area (TPSA) is 41.6 Å². The van der Waals surface area contributed by atoms with E-state index in [1.807, 2.05) is 30.9 Å². The summed E-state index contributed by atoms with van der Waals surface area (Å²) >= 11 is 0. The Hall–Kier alpha value is -1.65. The summed E-state index contributed by atoms with van der Waals surface area (Å²) in [6.45, 7) is 4.43. The van der Waals surface area contributed by atoms with E-state index in [2.05, 4.69) is 19.2 Å². The number of benzene rings is 1. The number of rotatable bonds is 5. The predicted octanol–water partition coefficient (Wildman–Crippen LogP) is 2.21. The van der Waals surface area contributed by atoms with Crippen molar-refractivity contribution in [3.8, 4) is 5.75 Å². The molecule has 112 valence electrons. The fourth-order valence-corrected chi connectivity index (χ4v) is 2.66. The Balaban J connectivity index is 1.92. The highest BCUT2D eigenvalue weighted by Crippen LogP contribution is 2.40. The predicted molar refractivity (Wildman–Crippen MR) is 88.1 cm³/mol. The Morgan fingerprint density at radius 2 is 2.19 bits per heavy atom. The molecule has 21 heavy (non-hydrogen) atoms. The first-order valence-electron chi connectivity index (χ1n) is 7.93. The van der Waals surface area contributed by atoms with Crippen molar-refractivity contribution in [3.05, 3.63) is 18.2 Å². The molecule has 2 aliphatic rings. The van der Waals surface area contributed by atoms with Crippen molar-refractivity contribution in [1.82, 2.24) is 0 Å². The van der Waals surface area contributed by atoms with Crippen LogP contribution in [0.25, 0.3) is 0 Å². The van der Waals surface area contributed by atoms with Gasteiger partial charge < -0.3 is 15.0 Å². The van der Waals surface area contributed by atoms with Crippen molar-refractivity contribution in [1.29, 1.82) is 0 Å². The number of carbonyl (C=O) groups is 1. The van der Waals surface area contributed by atoms with Gasteiger partial charge in [-0.2, -0.15) is 0 Å². The van der Waals surface area contributed by atoms with Gasteiger partial charge in [0.25, 0.3) is 5.91 Å². The lowest BCUT2D eigenvalue weighted by Crippen LogP contribution is -2.52. The average Bonchev–Trinajstić information content (AvgIpc) is 3.24. The van der Waals surface area contributed by atoms with Gasteiger partial charge in [-0.15, -0.1) is 0 Å². The highest BCUT2D eigenvalue weighted by Gasteiger charge is 2.40. The quantitative estimate of drug-likeness (QED) is 0.844.